The van der Waals surface area contributed by atoms with Gasteiger partial charge in [0.2, 0.25) is 0 Å². The zero-order valence-corrected chi connectivity index (χ0v) is 8.73. The van der Waals surface area contributed by atoms with Gasteiger partial charge in [-0.05, 0) is 29.8 Å². The van der Waals surface area contributed by atoms with Crippen LogP contribution >= 0.6 is 0 Å². The van der Waals surface area contributed by atoms with Gasteiger partial charge >= 0.3 is 0 Å². The molecular formula is C12H13N3O. The average Bonchev–Trinajstić information content (AvgIpc) is 2.81. The number of benzene rings is 1. The van der Waals surface area contributed by atoms with E-state index >= 15 is 0 Å². The van der Waals surface area contributed by atoms with Gasteiger partial charge in [0.15, 0.2) is 0 Å². The van der Waals surface area contributed by atoms with E-state index in [1.807, 2.05) is 24.3 Å². The first-order valence-electron chi connectivity index (χ1n) is 5.02. The Bertz CT molecular complexity index is 460. The van der Waals surface area contributed by atoms with Crippen LogP contribution < -0.4 is 11.1 Å². The van der Waals surface area contributed by atoms with Crippen LogP contribution in [-0.4, -0.2) is 10.9 Å². The summed E-state index contributed by atoms with van der Waals surface area (Å²) >= 11 is 0. The van der Waals surface area contributed by atoms with Crippen molar-refractivity contribution in [3.05, 3.63) is 53.9 Å². The summed E-state index contributed by atoms with van der Waals surface area (Å²) in [5, 5.41) is 2.81. The summed E-state index contributed by atoms with van der Waals surface area (Å²) in [7, 11) is 0. The van der Waals surface area contributed by atoms with Crippen LogP contribution in [-0.2, 0) is 6.54 Å². The Morgan fingerprint density at radius 3 is 2.62 bits per heavy atom. The van der Waals surface area contributed by atoms with E-state index in [-0.39, 0.29) is 5.91 Å². The van der Waals surface area contributed by atoms with E-state index in [0.717, 1.165) is 11.3 Å². The number of amides is 1. The maximum absolute atomic E-state index is 11.6. The Morgan fingerprint density at radius 2 is 2.00 bits per heavy atom. The number of nitrogen functional groups attached to an aromatic ring is 1. The molecule has 0 spiro atoms. The molecular weight excluding hydrogens is 202 g/mol. The molecule has 1 amide bonds. The lowest BCUT2D eigenvalue weighted by Crippen LogP contribution is -2.22. The highest BCUT2D eigenvalue weighted by atomic mass is 16.1. The molecule has 4 nitrogen and oxygen atoms in total. The predicted molar refractivity (Wildman–Crippen MR) is 62.8 cm³/mol. The topological polar surface area (TPSA) is 70.9 Å². The number of H-pyrrole nitrogens is 1. The molecule has 4 N–H and O–H groups in total. The van der Waals surface area contributed by atoms with Crippen LogP contribution in [0.1, 0.15) is 16.1 Å². The Labute approximate surface area is 93.5 Å². The summed E-state index contributed by atoms with van der Waals surface area (Å²) in [6.45, 7) is 0.498. The van der Waals surface area contributed by atoms with E-state index in [9.17, 15) is 4.79 Å². The highest BCUT2D eigenvalue weighted by Gasteiger charge is 2.04. The summed E-state index contributed by atoms with van der Waals surface area (Å²) in [5.41, 5.74) is 7.88. The number of hydrogen-bond donors (Lipinski definition) is 3. The van der Waals surface area contributed by atoms with Gasteiger partial charge in [0.1, 0.15) is 5.69 Å². The second kappa shape index (κ2) is 4.53. The second-order valence-corrected chi connectivity index (χ2v) is 3.51. The molecule has 0 saturated heterocycles. The van der Waals surface area contributed by atoms with Gasteiger partial charge in [0.25, 0.3) is 5.91 Å². The van der Waals surface area contributed by atoms with Crippen LogP contribution in [0.2, 0.25) is 0 Å². The average molecular weight is 215 g/mol. The van der Waals surface area contributed by atoms with Crippen molar-refractivity contribution in [1.82, 2.24) is 10.3 Å². The minimum absolute atomic E-state index is 0.109. The number of carbonyl (C=O) groups excluding carboxylic acids is 1. The highest BCUT2D eigenvalue weighted by Crippen LogP contribution is 2.05. The monoisotopic (exact) mass is 215 g/mol. The molecule has 82 valence electrons. The van der Waals surface area contributed by atoms with Gasteiger partial charge < -0.3 is 16.0 Å². The van der Waals surface area contributed by atoms with Crippen LogP contribution in [0.15, 0.2) is 42.6 Å². The van der Waals surface area contributed by atoms with Crippen molar-refractivity contribution < 1.29 is 4.79 Å². The van der Waals surface area contributed by atoms with Crippen LogP contribution in [0.5, 0.6) is 0 Å². The lowest BCUT2D eigenvalue weighted by Gasteiger charge is -2.04. The fourth-order valence-electron chi connectivity index (χ4n) is 1.38. The third-order valence-electron chi connectivity index (χ3n) is 2.28. The van der Waals surface area contributed by atoms with Crippen molar-refractivity contribution in [3.8, 4) is 0 Å². The van der Waals surface area contributed by atoms with Crippen LogP contribution in [0.4, 0.5) is 5.69 Å². The highest BCUT2D eigenvalue weighted by molar-refractivity contribution is 5.92. The second-order valence-electron chi connectivity index (χ2n) is 3.51. The molecule has 0 fully saturated rings. The molecule has 1 aromatic heterocycles. The molecule has 2 rings (SSSR count). The van der Waals surface area contributed by atoms with Gasteiger partial charge in [-0.1, -0.05) is 12.1 Å². The number of nitrogens with one attached hydrogen (secondary N) is 2. The predicted octanol–water partition coefficient (Wildman–Crippen LogP) is 1.53. The van der Waals surface area contributed by atoms with Crippen LogP contribution in [0.25, 0.3) is 0 Å². The number of nitrogens with two attached hydrogens (primary N) is 1. The summed E-state index contributed by atoms with van der Waals surface area (Å²) in [6, 6.07) is 10.9. The van der Waals surface area contributed by atoms with Gasteiger partial charge in [0.05, 0.1) is 0 Å². The molecule has 16 heavy (non-hydrogen) atoms. The van der Waals surface area contributed by atoms with Gasteiger partial charge in [-0.15, -0.1) is 0 Å². The van der Waals surface area contributed by atoms with Crippen molar-refractivity contribution in [1.29, 1.82) is 0 Å². The number of aromatic nitrogens is 1. The van der Waals surface area contributed by atoms with E-state index in [1.165, 1.54) is 0 Å². The number of carbonyl (C=O) groups is 1. The Kier molecular flexibility index (Phi) is 2.91. The normalized spacial score (nSPS) is 10.0. The van der Waals surface area contributed by atoms with Crippen molar-refractivity contribution in [2.75, 3.05) is 5.73 Å². The van der Waals surface area contributed by atoms with E-state index in [2.05, 4.69) is 10.3 Å². The number of rotatable bonds is 3. The Morgan fingerprint density at radius 1 is 1.25 bits per heavy atom. The third-order valence-corrected chi connectivity index (χ3v) is 2.28. The molecule has 0 bridgehead atoms. The first-order chi connectivity index (χ1) is 7.75. The van der Waals surface area contributed by atoms with Crippen molar-refractivity contribution >= 4 is 11.6 Å². The largest absolute Gasteiger partial charge is 0.399 e. The van der Waals surface area contributed by atoms with Gasteiger partial charge in [-0.25, -0.2) is 0 Å². The first kappa shape index (κ1) is 10.3. The number of anilines is 1. The maximum Gasteiger partial charge on any atom is 0.267 e. The van der Waals surface area contributed by atoms with Crippen molar-refractivity contribution in [2.45, 2.75) is 6.54 Å². The molecule has 0 atom stereocenters. The quantitative estimate of drug-likeness (QED) is 0.679. The molecule has 0 unspecified atom stereocenters. The van der Waals surface area contributed by atoms with E-state index in [0.29, 0.717) is 12.2 Å². The molecule has 4 heteroatoms. The summed E-state index contributed by atoms with van der Waals surface area (Å²) in [4.78, 5) is 14.4. The van der Waals surface area contributed by atoms with Gasteiger partial charge in [0, 0.05) is 18.4 Å². The molecule has 1 heterocycles. The van der Waals surface area contributed by atoms with Gasteiger partial charge in [-0.2, -0.15) is 0 Å². The van der Waals surface area contributed by atoms with Crippen LogP contribution in [0.3, 0.4) is 0 Å². The van der Waals surface area contributed by atoms with E-state index < -0.39 is 0 Å². The number of hydrogen-bond acceptors (Lipinski definition) is 2. The Balaban J connectivity index is 1.93. The van der Waals surface area contributed by atoms with E-state index in [4.69, 9.17) is 5.73 Å². The van der Waals surface area contributed by atoms with Crippen molar-refractivity contribution in [2.24, 2.45) is 0 Å². The molecule has 0 aliphatic rings. The molecule has 0 saturated carbocycles. The fourth-order valence-corrected chi connectivity index (χ4v) is 1.38. The number of aromatic amines is 1. The molecule has 0 aliphatic heterocycles. The maximum atomic E-state index is 11.6. The summed E-state index contributed by atoms with van der Waals surface area (Å²) < 4.78 is 0. The fraction of sp³-hybridized carbons (Fsp3) is 0.0833. The zero-order valence-electron chi connectivity index (χ0n) is 8.73. The lowest BCUT2D eigenvalue weighted by atomic mass is 10.2. The van der Waals surface area contributed by atoms with Crippen LogP contribution in [0, 0.1) is 0 Å². The van der Waals surface area contributed by atoms with Gasteiger partial charge in [-0.3, -0.25) is 4.79 Å². The minimum atomic E-state index is -0.109. The molecule has 0 radical (unpaired) electrons. The smallest absolute Gasteiger partial charge is 0.267 e. The third kappa shape index (κ3) is 2.42. The minimum Gasteiger partial charge on any atom is -0.399 e. The molecule has 0 aliphatic carbocycles. The summed E-state index contributed by atoms with van der Waals surface area (Å²) in [6.07, 6.45) is 1.72. The summed E-state index contributed by atoms with van der Waals surface area (Å²) in [5.74, 6) is -0.109. The lowest BCUT2D eigenvalue weighted by molar-refractivity contribution is 0.0946. The molecule has 1 aromatic carbocycles. The van der Waals surface area contributed by atoms with Crippen molar-refractivity contribution in [3.63, 3.8) is 0 Å². The van der Waals surface area contributed by atoms with E-state index in [1.54, 1.807) is 18.3 Å². The standard InChI is InChI=1S/C12H13N3O/c13-10-5-3-9(4-6-10)8-15-12(16)11-2-1-7-14-11/h1-7,14H,8,13H2,(H,15,16). The SMILES string of the molecule is Nc1ccc(CNC(=O)c2ccc[nH]2)cc1. The first-order valence-corrected chi connectivity index (χ1v) is 5.02. The zero-order chi connectivity index (χ0) is 11.4. The Hall–Kier alpha value is -2.23. The molecule has 2 aromatic rings.